The largest absolute Gasteiger partial charge is 0.355 e. The fourth-order valence-corrected chi connectivity index (χ4v) is 3.76. The molecule has 0 aliphatic carbocycles. The molecule has 1 saturated heterocycles. The lowest BCUT2D eigenvalue weighted by atomic mass is 10.1. The minimum absolute atomic E-state index is 0.193. The second-order valence-corrected chi connectivity index (χ2v) is 7.38. The zero-order valence-electron chi connectivity index (χ0n) is 12.4. The molecule has 1 unspecified atom stereocenters. The Kier molecular flexibility index (Phi) is 5.00. The summed E-state index contributed by atoms with van der Waals surface area (Å²) < 4.78 is 24.5. The Morgan fingerprint density at radius 1 is 1.57 bits per heavy atom. The van der Waals surface area contributed by atoms with Crippen LogP contribution in [0, 0.1) is 6.92 Å². The van der Waals surface area contributed by atoms with Crippen LogP contribution >= 0.6 is 0 Å². The van der Waals surface area contributed by atoms with E-state index in [1.54, 1.807) is 6.20 Å². The fourth-order valence-electron chi connectivity index (χ4n) is 2.64. The summed E-state index contributed by atoms with van der Waals surface area (Å²) >= 11 is 0. The van der Waals surface area contributed by atoms with Gasteiger partial charge in [0.2, 0.25) is 15.9 Å². The number of amides is 1. The average molecular weight is 314 g/mol. The van der Waals surface area contributed by atoms with Crippen LogP contribution in [0.4, 0.5) is 0 Å². The lowest BCUT2D eigenvalue weighted by Crippen LogP contribution is -2.45. The number of nitrogens with one attached hydrogen (secondary N) is 2. The van der Waals surface area contributed by atoms with E-state index >= 15 is 0 Å². The first-order chi connectivity index (χ1) is 9.89. The van der Waals surface area contributed by atoms with Crippen LogP contribution in [0.1, 0.15) is 30.5 Å². The van der Waals surface area contributed by atoms with Crippen molar-refractivity contribution < 1.29 is 13.2 Å². The molecule has 2 rings (SSSR count). The van der Waals surface area contributed by atoms with Crippen molar-refractivity contribution in [2.75, 3.05) is 19.3 Å². The highest BCUT2D eigenvalue weighted by molar-refractivity contribution is 7.88. The lowest BCUT2D eigenvalue weighted by molar-refractivity contribution is -0.124. The van der Waals surface area contributed by atoms with Crippen LogP contribution in [0.15, 0.2) is 6.20 Å². The van der Waals surface area contributed by atoms with Crippen LogP contribution in [0.2, 0.25) is 0 Å². The van der Waals surface area contributed by atoms with Gasteiger partial charge in [0, 0.05) is 18.8 Å². The number of carbonyl (C=O) groups excluding carboxylic acids is 1. The number of hydrogen-bond donors (Lipinski definition) is 2. The van der Waals surface area contributed by atoms with Gasteiger partial charge in [-0.3, -0.25) is 9.89 Å². The molecule has 0 spiro atoms. The second-order valence-electron chi connectivity index (χ2n) is 5.45. The molecular weight excluding hydrogens is 292 g/mol. The maximum absolute atomic E-state index is 12.1. The van der Waals surface area contributed by atoms with Gasteiger partial charge in [-0.15, -0.1) is 0 Å². The summed E-state index contributed by atoms with van der Waals surface area (Å²) in [6.07, 6.45) is 5.92. The smallest absolute Gasteiger partial charge is 0.238 e. The Morgan fingerprint density at radius 3 is 2.95 bits per heavy atom. The van der Waals surface area contributed by atoms with Gasteiger partial charge in [-0.1, -0.05) is 0 Å². The normalized spacial score (nSPS) is 19.8. The summed E-state index contributed by atoms with van der Waals surface area (Å²) in [5.41, 5.74) is 2.18. The van der Waals surface area contributed by atoms with E-state index in [1.165, 1.54) is 4.31 Å². The maximum Gasteiger partial charge on any atom is 0.238 e. The summed E-state index contributed by atoms with van der Waals surface area (Å²) in [6.45, 7) is 2.94. The number of nitrogens with zero attached hydrogens (tertiary/aromatic N) is 2. The summed E-state index contributed by atoms with van der Waals surface area (Å²) in [6, 6.07) is -0.546. The van der Waals surface area contributed by atoms with Crippen LogP contribution in [0.3, 0.4) is 0 Å². The van der Waals surface area contributed by atoms with Gasteiger partial charge >= 0.3 is 0 Å². The Labute approximate surface area is 125 Å². The number of hydrogen-bond acceptors (Lipinski definition) is 4. The number of aromatic amines is 1. The van der Waals surface area contributed by atoms with E-state index in [4.69, 9.17) is 0 Å². The van der Waals surface area contributed by atoms with E-state index in [-0.39, 0.29) is 5.91 Å². The second kappa shape index (κ2) is 6.57. The zero-order valence-corrected chi connectivity index (χ0v) is 13.2. The third-order valence-corrected chi connectivity index (χ3v) is 5.08. The molecule has 1 aliphatic rings. The minimum Gasteiger partial charge on any atom is -0.355 e. The van der Waals surface area contributed by atoms with Crippen molar-refractivity contribution in [2.24, 2.45) is 0 Å². The number of sulfonamides is 1. The predicted molar refractivity (Wildman–Crippen MR) is 79.2 cm³/mol. The Hall–Kier alpha value is -1.41. The Balaban J connectivity index is 1.78. The topological polar surface area (TPSA) is 95.2 Å². The monoisotopic (exact) mass is 314 g/mol. The van der Waals surface area contributed by atoms with Crippen molar-refractivity contribution >= 4 is 15.9 Å². The van der Waals surface area contributed by atoms with E-state index in [0.29, 0.717) is 19.5 Å². The molecule has 2 heterocycles. The van der Waals surface area contributed by atoms with Crippen molar-refractivity contribution in [3.8, 4) is 0 Å². The molecule has 0 bridgehead atoms. The van der Waals surface area contributed by atoms with Gasteiger partial charge in [0.1, 0.15) is 6.04 Å². The van der Waals surface area contributed by atoms with E-state index in [0.717, 1.165) is 36.8 Å². The molecule has 2 N–H and O–H groups in total. The van der Waals surface area contributed by atoms with Gasteiger partial charge in [-0.05, 0) is 38.2 Å². The molecule has 0 aromatic carbocycles. The summed E-state index contributed by atoms with van der Waals surface area (Å²) in [7, 11) is -3.31. The van der Waals surface area contributed by atoms with Gasteiger partial charge in [-0.2, -0.15) is 9.40 Å². The van der Waals surface area contributed by atoms with Crippen molar-refractivity contribution in [1.82, 2.24) is 19.8 Å². The van der Waals surface area contributed by atoms with E-state index in [2.05, 4.69) is 15.5 Å². The van der Waals surface area contributed by atoms with Crippen LogP contribution in [-0.4, -0.2) is 54.2 Å². The van der Waals surface area contributed by atoms with E-state index in [9.17, 15) is 13.2 Å². The molecule has 1 aromatic rings. The van der Waals surface area contributed by atoms with Gasteiger partial charge in [0.25, 0.3) is 0 Å². The number of aromatic nitrogens is 2. The highest BCUT2D eigenvalue weighted by Gasteiger charge is 2.36. The van der Waals surface area contributed by atoms with Crippen molar-refractivity contribution in [3.63, 3.8) is 0 Å². The molecule has 118 valence electrons. The SMILES string of the molecule is Cc1[nH]ncc1CCCNC(=O)C1CCCN1S(C)(=O)=O. The number of carbonyl (C=O) groups is 1. The maximum atomic E-state index is 12.1. The lowest BCUT2D eigenvalue weighted by Gasteiger charge is -2.21. The first-order valence-electron chi connectivity index (χ1n) is 7.13. The molecule has 1 fully saturated rings. The molecule has 0 radical (unpaired) electrons. The van der Waals surface area contributed by atoms with Crippen molar-refractivity contribution in [3.05, 3.63) is 17.5 Å². The zero-order chi connectivity index (χ0) is 15.5. The molecule has 1 aliphatic heterocycles. The molecule has 1 aromatic heterocycles. The first-order valence-corrected chi connectivity index (χ1v) is 8.98. The summed E-state index contributed by atoms with van der Waals surface area (Å²) in [5.74, 6) is -0.193. The molecule has 1 amide bonds. The quantitative estimate of drug-likeness (QED) is 0.733. The molecule has 0 saturated carbocycles. The third-order valence-electron chi connectivity index (χ3n) is 3.79. The minimum atomic E-state index is -3.31. The molecule has 8 heteroatoms. The van der Waals surface area contributed by atoms with E-state index < -0.39 is 16.1 Å². The number of rotatable bonds is 6. The number of aryl methyl sites for hydroxylation is 2. The van der Waals surface area contributed by atoms with Crippen molar-refractivity contribution in [2.45, 2.75) is 38.6 Å². The molecule has 1 atom stereocenters. The number of H-pyrrole nitrogens is 1. The highest BCUT2D eigenvalue weighted by atomic mass is 32.2. The van der Waals surface area contributed by atoms with Crippen molar-refractivity contribution in [1.29, 1.82) is 0 Å². The van der Waals surface area contributed by atoms with Gasteiger partial charge < -0.3 is 5.32 Å². The van der Waals surface area contributed by atoms with Gasteiger partial charge in [0.15, 0.2) is 0 Å². The third kappa shape index (κ3) is 4.04. The van der Waals surface area contributed by atoms with Crippen LogP contribution in [-0.2, 0) is 21.2 Å². The van der Waals surface area contributed by atoms with E-state index in [1.807, 2.05) is 6.92 Å². The highest BCUT2D eigenvalue weighted by Crippen LogP contribution is 2.20. The summed E-state index contributed by atoms with van der Waals surface area (Å²) in [4.78, 5) is 12.1. The average Bonchev–Trinajstić information content (AvgIpc) is 3.02. The van der Waals surface area contributed by atoms with Crippen LogP contribution in [0.5, 0.6) is 0 Å². The first kappa shape index (κ1) is 16.0. The summed E-state index contributed by atoms with van der Waals surface area (Å²) in [5, 5.41) is 9.66. The fraction of sp³-hybridized carbons (Fsp3) is 0.692. The molecule has 7 nitrogen and oxygen atoms in total. The predicted octanol–water partition coefficient (Wildman–Crippen LogP) is 0.191. The molecular formula is C13H22N4O3S. The van der Waals surface area contributed by atoms with Gasteiger partial charge in [-0.25, -0.2) is 8.42 Å². The van der Waals surface area contributed by atoms with Gasteiger partial charge in [0.05, 0.1) is 12.5 Å². The van der Waals surface area contributed by atoms with Crippen LogP contribution in [0.25, 0.3) is 0 Å². The standard InChI is InChI=1S/C13H22N4O3S/c1-10-11(9-15-16-10)5-3-7-14-13(18)12-6-4-8-17(12)21(2,19)20/h9,12H,3-8H2,1-2H3,(H,14,18)(H,15,16). The van der Waals surface area contributed by atoms with Crippen LogP contribution < -0.4 is 5.32 Å². The Bertz CT molecular complexity index is 596. The Morgan fingerprint density at radius 2 is 2.33 bits per heavy atom. The molecule has 21 heavy (non-hydrogen) atoms.